The van der Waals surface area contributed by atoms with Crippen LogP contribution in [0, 0.1) is 0 Å². The normalized spacial score (nSPS) is 16.7. The quantitative estimate of drug-likeness (QED) is 0.833. The first-order chi connectivity index (χ1) is 11.0. The van der Waals surface area contributed by atoms with Crippen molar-refractivity contribution in [2.24, 2.45) is 4.36 Å². The maximum absolute atomic E-state index is 12.4. The molecule has 7 heteroatoms. The van der Waals surface area contributed by atoms with Crippen LogP contribution >= 0.6 is 0 Å². The zero-order valence-corrected chi connectivity index (χ0v) is 14.2. The average molecular weight is 335 g/mol. The van der Waals surface area contributed by atoms with Crippen molar-refractivity contribution in [1.29, 1.82) is 0 Å². The Kier molecular flexibility index (Phi) is 4.66. The van der Waals surface area contributed by atoms with Gasteiger partial charge in [-0.2, -0.15) is 9.35 Å². The lowest BCUT2D eigenvalue weighted by molar-refractivity contribution is 0.284. The molecule has 3 rings (SSSR count). The van der Waals surface area contributed by atoms with E-state index in [1.807, 2.05) is 38.1 Å². The largest absolute Gasteiger partial charge is 0.485 e. The van der Waals surface area contributed by atoms with Gasteiger partial charge in [-0.3, -0.25) is 0 Å². The van der Waals surface area contributed by atoms with Crippen LogP contribution in [0.1, 0.15) is 44.3 Å². The van der Waals surface area contributed by atoms with Gasteiger partial charge in [0.15, 0.2) is 6.61 Å². The van der Waals surface area contributed by atoms with E-state index in [0.29, 0.717) is 29.0 Å². The molecule has 0 spiro atoms. The van der Waals surface area contributed by atoms with Crippen molar-refractivity contribution < 1.29 is 13.5 Å². The van der Waals surface area contributed by atoms with Gasteiger partial charge in [0.25, 0.3) is 0 Å². The Morgan fingerprint density at radius 3 is 2.57 bits per heavy atom. The Balaban J connectivity index is 1.62. The second-order valence-corrected chi connectivity index (χ2v) is 8.51. The van der Waals surface area contributed by atoms with Gasteiger partial charge in [0.05, 0.1) is 15.4 Å². The summed E-state index contributed by atoms with van der Waals surface area (Å²) in [5.74, 6) is 3.45. The third kappa shape index (κ3) is 4.10. The lowest BCUT2D eigenvalue weighted by atomic mass is 10.2. The van der Waals surface area contributed by atoms with E-state index in [-0.39, 0.29) is 12.5 Å². The van der Waals surface area contributed by atoms with Gasteiger partial charge in [0, 0.05) is 17.4 Å². The molecular formula is C16H21N3O3S. The van der Waals surface area contributed by atoms with Gasteiger partial charge in [-0.05, 0) is 37.1 Å². The Labute approximate surface area is 136 Å². The molecule has 6 nitrogen and oxygen atoms in total. The number of nitrogens with zero attached hydrogens (tertiary/aromatic N) is 3. The maximum atomic E-state index is 12.4. The van der Waals surface area contributed by atoms with Crippen molar-refractivity contribution in [1.82, 2.24) is 10.1 Å². The predicted octanol–water partition coefficient (Wildman–Crippen LogP) is 3.67. The molecule has 0 radical (unpaired) electrons. The van der Waals surface area contributed by atoms with Gasteiger partial charge in [0.1, 0.15) is 5.75 Å². The van der Waals surface area contributed by atoms with Crippen molar-refractivity contribution in [3.8, 4) is 5.75 Å². The molecule has 1 fully saturated rings. The monoisotopic (exact) mass is 335 g/mol. The molecule has 124 valence electrons. The predicted molar refractivity (Wildman–Crippen MR) is 88.4 cm³/mol. The third-order valence-corrected chi connectivity index (χ3v) is 6.03. The summed E-state index contributed by atoms with van der Waals surface area (Å²) in [6.07, 6.45) is 2.01. The molecule has 1 aromatic heterocycles. The van der Waals surface area contributed by atoms with E-state index in [2.05, 4.69) is 14.5 Å². The van der Waals surface area contributed by atoms with Gasteiger partial charge in [-0.1, -0.05) is 19.0 Å². The number of hydrogen-bond acceptors (Lipinski definition) is 6. The zero-order chi connectivity index (χ0) is 16.3. The summed E-state index contributed by atoms with van der Waals surface area (Å²) in [5.41, 5.74) is 0.742. The Morgan fingerprint density at radius 1 is 1.26 bits per heavy atom. The minimum atomic E-state index is -2.03. The molecule has 23 heavy (non-hydrogen) atoms. The van der Waals surface area contributed by atoms with Crippen LogP contribution in [-0.4, -0.2) is 25.9 Å². The Hall–Kier alpha value is -1.89. The van der Waals surface area contributed by atoms with E-state index >= 15 is 0 Å². The smallest absolute Gasteiger partial charge is 0.229 e. The van der Waals surface area contributed by atoms with Crippen LogP contribution < -0.4 is 4.74 Å². The van der Waals surface area contributed by atoms with E-state index in [1.54, 1.807) is 0 Å². The molecule has 1 aliphatic rings. The molecule has 0 bridgehead atoms. The van der Waals surface area contributed by atoms with Gasteiger partial charge in [-0.25, -0.2) is 4.21 Å². The van der Waals surface area contributed by atoms with Crippen molar-refractivity contribution in [2.75, 3.05) is 11.5 Å². The van der Waals surface area contributed by atoms with Crippen LogP contribution in [0.3, 0.4) is 0 Å². The molecule has 0 atom stereocenters. The van der Waals surface area contributed by atoms with Crippen LogP contribution in [-0.2, 0) is 16.3 Å². The highest BCUT2D eigenvalue weighted by atomic mass is 32.2. The average Bonchev–Trinajstić information content (AvgIpc) is 3.16. The van der Waals surface area contributed by atoms with Crippen LogP contribution in [0.25, 0.3) is 0 Å². The highest BCUT2D eigenvalue weighted by Crippen LogP contribution is 2.23. The summed E-state index contributed by atoms with van der Waals surface area (Å²) >= 11 is 0. The third-order valence-electron chi connectivity index (χ3n) is 3.63. The number of aromatic nitrogens is 2. The minimum Gasteiger partial charge on any atom is -0.485 e. The highest BCUT2D eigenvalue weighted by Gasteiger charge is 2.16. The second kappa shape index (κ2) is 6.70. The van der Waals surface area contributed by atoms with Gasteiger partial charge < -0.3 is 9.26 Å². The van der Waals surface area contributed by atoms with Gasteiger partial charge in [-0.15, -0.1) is 0 Å². The molecule has 0 saturated carbocycles. The number of ether oxygens (including phenoxy) is 1. The SMILES string of the molecule is CC(C)c1nc(COc2ccc(N=S3(=O)CCCC3)cc2)no1. The van der Waals surface area contributed by atoms with Crippen molar-refractivity contribution in [3.63, 3.8) is 0 Å². The summed E-state index contributed by atoms with van der Waals surface area (Å²) in [6.45, 7) is 4.24. The maximum Gasteiger partial charge on any atom is 0.229 e. The Morgan fingerprint density at radius 2 is 1.96 bits per heavy atom. The summed E-state index contributed by atoms with van der Waals surface area (Å²) in [6, 6.07) is 7.30. The molecule has 0 N–H and O–H groups in total. The molecule has 0 unspecified atom stereocenters. The van der Waals surface area contributed by atoms with Crippen molar-refractivity contribution in [2.45, 2.75) is 39.2 Å². The van der Waals surface area contributed by atoms with Crippen LogP contribution in [0.4, 0.5) is 5.69 Å². The van der Waals surface area contributed by atoms with E-state index < -0.39 is 9.73 Å². The summed E-state index contributed by atoms with van der Waals surface area (Å²) in [7, 11) is -2.03. The number of rotatable bonds is 5. The number of benzene rings is 1. The Bertz CT molecular complexity index is 762. The fourth-order valence-corrected chi connectivity index (χ4v) is 4.56. The van der Waals surface area contributed by atoms with Crippen LogP contribution in [0.15, 0.2) is 33.2 Å². The molecular weight excluding hydrogens is 314 g/mol. The van der Waals surface area contributed by atoms with Crippen LogP contribution in [0.2, 0.25) is 0 Å². The topological polar surface area (TPSA) is 77.6 Å². The summed E-state index contributed by atoms with van der Waals surface area (Å²) in [5, 5.41) is 3.88. The zero-order valence-electron chi connectivity index (χ0n) is 13.4. The van der Waals surface area contributed by atoms with Gasteiger partial charge >= 0.3 is 0 Å². The highest BCUT2D eigenvalue weighted by molar-refractivity contribution is 7.93. The first-order valence-electron chi connectivity index (χ1n) is 7.82. The minimum absolute atomic E-state index is 0.203. The molecule has 1 aromatic carbocycles. The summed E-state index contributed by atoms with van der Waals surface area (Å²) < 4.78 is 27.6. The first kappa shape index (κ1) is 16.0. The lowest BCUT2D eigenvalue weighted by Gasteiger charge is -2.04. The molecule has 2 heterocycles. The van der Waals surface area contributed by atoms with E-state index in [1.165, 1.54) is 0 Å². The van der Waals surface area contributed by atoms with E-state index in [4.69, 9.17) is 9.26 Å². The van der Waals surface area contributed by atoms with Crippen molar-refractivity contribution >= 4 is 15.4 Å². The molecule has 0 aliphatic carbocycles. The van der Waals surface area contributed by atoms with Crippen molar-refractivity contribution in [3.05, 3.63) is 36.0 Å². The van der Waals surface area contributed by atoms with E-state index in [9.17, 15) is 4.21 Å². The molecule has 1 saturated heterocycles. The van der Waals surface area contributed by atoms with E-state index in [0.717, 1.165) is 18.5 Å². The fraction of sp³-hybridized carbons (Fsp3) is 0.500. The standard InChI is InChI=1S/C16H21N3O3S/c1-12(2)16-17-15(18-22-16)11-21-14-7-5-13(6-8-14)19-23(20)9-3-4-10-23/h5-8,12H,3-4,9-11H2,1-2H3. The molecule has 1 aliphatic heterocycles. The van der Waals surface area contributed by atoms with Crippen LogP contribution in [0.5, 0.6) is 5.75 Å². The molecule has 2 aromatic rings. The fourth-order valence-electron chi connectivity index (χ4n) is 2.35. The molecule has 0 amide bonds. The summed E-state index contributed by atoms with van der Waals surface area (Å²) in [4.78, 5) is 4.26. The lowest BCUT2D eigenvalue weighted by Crippen LogP contribution is -1.99. The second-order valence-electron chi connectivity index (χ2n) is 5.97. The first-order valence-corrected chi connectivity index (χ1v) is 9.67. The van der Waals surface area contributed by atoms with Gasteiger partial charge in [0.2, 0.25) is 11.7 Å². The number of hydrogen-bond donors (Lipinski definition) is 0.